The highest BCUT2D eigenvalue weighted by Gasteiger charge is 2.34. The SMILES string of the molecule is CC(C)(C)CC1C(=O)Nc2ccc([N+](=O)[O-])cc21. The summed E-state index contributed by atoms with van der Waals surface area (Å²) in [5, 5.41) is 13.5. The summed E-state index contributed by atoms with van der Waals surface area (Å²) in [7, 11) is 0. The average molecular weight is 248 g/mol. The molecule has 1 atom stereocenters. The summed E-state index contributed by atoms with van der Waals surface area (Å²) in [5.41, 5.74) is 1.46. The molecule has 0 saturated heterocycles. The fraction of sp³-hybridized carbons (Fsp3) is 0.462. The topological polar surface area (TPSA) is 72.2 Å². The first-order valence-electron chi connectivity index (χ1n) is 5.87. The lowest BCUT2D eigenvalue weighted by atomic mass is 9.82. The minimum absolute atomic E-state index is 0.00572. The molecule has 5 heteroatoms. The zero-order chi connectivity index (χ0) is 13.5. The van der Waals surface area contributed by atoms with E-state index in [0.29, 0.717) is 12.1 Å². The van der Waals surface area contributed by atoms with E-state index in [2.05, 4.69) is 26.1 Å². The van der Waals surface area contributed by atoms with Gasteiger partial charge in [-0.1, -0.05) is 20.8 Å². The van der Waals surface area contributed by atoms with Gasteiger partial charge in [-0.25, -0.2) is 0 Å². The van der Waals surface area contributed by atoms with Crippen molar-refractivity contribution in [3.63, 3.8) is 0 Å². The summed E-state index contributed by atoms with van der Waals surface area (Å²) in [4.78, 5) is 22.3. The van der Waals surface area contributed by atoms with E-state index < -0.39 is 4.92 Å². The van der Waals surface area contributed by atoms with Crippen LogP contribution in [0.25, 0.3) is 0 Å². The number of nitro groups is 1. The van der Waals surface area contributed by atoms with Crippen molar-refractivity contribution in [1.29, 1.82) is 0 Å². The average Bonchev–Trinajstić information content (AvgIpc) is 2.53. The first-order valence-corrected chi connectivity index (χ1v) is 5.87. The van der Waals surface area contributed by atoms with Crippen LogP contribution in [0.1, 0.15) is 38.7 Å². The van der Waals surface area contributed by atoms with Gasteiger partial charge in [-0.3, -0.25) is 14.9 Å². The van der Waals surface area contributed by atoms with Crippen LogP contribution in [0.2, 0.25) is 0 Å². The van der Waals surface area contributed by atoms with E-state index in [9.17, 15) is 14.9 Å². The Labute approximate surface area is 105 Å². The Kier molecular flexibility index (Phi) is 2.84. The monoisotopic (exact) mass is 248 g/mol. The van der Waals surface area contributed by atoms with E-state index in [1.54, 1.807) is 6.07 Å². The Morgan fingerprint density at radius 1 is 1.39 bits per heavy atom. The van der Waals surface area contributed by atoms with Gasteiger partial charge in [-0.05, 0) is 23.5 Å². The molecule has 0 aliphatic carbocycles. The molecule has 0 spiro atoms. The van der Waals surface area contributed by atoms with Gasteiger partial charge < -0.3 is 5.32 Å². The quantitative estimate of drug-likeness (QED) is 0.645. The predicted molar refractivity (Wildman–Crippen MR) is 68.5 cm³/mol. The Balaban J connectivity index is 2.39. The summed E-state index contributed by atoms with van der Waals surface area (Å²) >= 11 is 0. The second-order valence-electron chi connectivity index (χ2n) is 5.84. The number of nitrogens with one attached hydrogen (secondary N) is 1. The van der Waals surface area contributed by atoms with Crippen molar-refractivity contribution < 1.29 is 9.72 Å². The van der Waals surface area contributed by atoms with Crippen molar-refractivity contribution in [2.75, 3.05) is 5.32 Å². The molecule has 0 saturated carbocycles. The molecular formula is C13H16N2O3. The Hall–Kier alpha value is -1.91. The molecule has 0 radical (unpaired) electrons. The van der Waals surface area contributed by atoms with E-state index in [4.69, 9.17) is 0 Å². The number of nitro benzene ring substituents is 1. The number of benzene rings is 1. The molecule has 1 amide bonds. The summed E-state index contributed by atoms with van der Waals surface area (Å²) in [6.45, 7) is 6.15. The number of hydrogen-bond acceptors (Lipinski definition) is 3. The van der Waals surface area contributed by atoms with Crippen molar-refractivity contribution in [1.82, 2.24) is 0 Å². The molecule has 96 valence electrons. The number of carbonyl (C=O) groups excluding carboxylic acids is 1. The summed E-state index contributed by atoms with van der Waals surface area (Å²) in [6.07, 6.45) is 0.674. The molecule has 1 aliphatic rings. The van der Waals surface area contributed by atoms with E-state index in [0.717, 1.165) is 5.56 Å². The predicted octanol–water partition coefficient (Wildman–Crippen LogP) is 3.07. The Morgan fingerprint density at radius 2 is 2.06 bits per heavy atom. The van der Waals surface area contributed by atoms with Crippen LogP contribution in [-0.4, -0.2) is 10.8 Å². The number of carbonyl (C=O) groups is 1. The molecule has 2 rings (SSSR count). The van der Waals surface area contributed by atoms with Gasteiger partial charge in [0.15, 0.2) is 0 Å². The summed E-state index contributed by atoms with van der Waals surface area (Å²) in [5.74, 6) is -0.361. The molecule has 1 heterocycles. The number of fused-ring (bicyclic) bond motifs is 1. The molecule has 18 heavy (non-hydrogen) atoms. The van der Waals surface area contributed by atoms with Crippen LogP contribution < -0.4 is 5.32 Å². The van der Waals surface area contributed by atoms with Gasteiger partial charge in [0.2, 0.25) is 5.91 Å². The maximum Gasteiger partial charge on any atom is 0.269 e. The first kappa shape index (κ1) is 12.5. The first-order chi connectivity index (χ1) is 8.28. The molecule has 0 bridgehead atoms. The Morgan fingerprint density at radius 3 is 2.61 bits per heavy atom. The number of rotatable bonds is 2. The fourth-order valence-electron chi connectivity index (χ4n) is 2.24. The van der Waals surface area contributed by atoms with Gasteiger partial charge in [0.1, 0.15) is 0 Å². The normalized spacial score (nSPS) is 18.4. The molecule has 5 nitrogen and oxygen atoms in total. The van der Waals surface area contributed by atoms with E-state index in [-0.39, 0.29) is 22.9 Å². The van der Waals surface area contributed by atoms with Crippen molar-refractivity contribution in [2.45, 2.75) is 33.1 Å². The van der Waals surface area contributed by atoms with E-state index in [1.807, 2.05) is 0 Å². The largest absolute Gasteiger partial charge is 0.325 e. The summed E-state index contributed by atoms with van der Waals surface area (Å²) in [6, 6.07) is 4.52. The Bertz CT molecular complexity index is 517. The zero-order valence-electron chi connectivity index (χ0n) is 10.7. The van der Waals surface area contributed by atoms with Crippen LogP contribution in [0.4, 0.5) is 11.4 Å². The van der Waals surface area contributed by atoms with Gasteiger partial charge in [0.25, 0.3) is 5.69 Å². The van der Waals surface area contributed by atoms with Gasteiger partial charge in [0, 0.05) is 17.8 Å². The highest BCUT2D eigenvalue weighted by Crippen LogP contribution is 2.41. The van der Waals surface area contributed by atoms with Crippen molar-refractivity contribution in [2.24, 2.45) is 5.41 Å². The molecule has 0 fully saturated rings. The van der Waals surface area contributed by atoms with Gasteiger partial charge in [-0.15, -0.1) is 0 Å². The molecule has 0 aromatic heterocycles. The zero-order valence-corrected chi connectivity index (χ0v) is 10.7. The third kappa shape index (κ3) is 2.34. The molecule has 1 aromatic carbocycles. The van der Waals surface area contributed by atoms with Gasteiger partial charge >= 0.3 is 0 Å². The highest BCUT2D eigenvalue weighted by molar-refractivity contribution is 6.03. The maximum absolute atomic E-state index is 11.9. The molecular weight excluding hydrogens is 232 g/mol. The van der Waals surface area contributed by atoms with Crippen LogP contribution in [0.3, 0.4) is 0 Å². The fourth-order valence-corrected chi connectivity index (χ4v) is 2.24. The van der Waals surface area contributed by atoms with Gasteiger partial charge in [-0.2, -0.15) is 0 Å². The van der Waals surface area contributed by atoms with Crippen LogP contribution >= 0.6 is 0 Å². The number of hydrogen-bond donors (Lipinski definition) is 1. The lowest BCUT2D eigenvalue weighted by Crippen LogP contribution is -2.18. The second kappa shape index (κ2) is 4.08. The maximum atomic E-state index is 11.9. The van der Waals surface area contributed by atoms with Crippen molar-refractivity contribution in [3.8, 4) is 0 Å². The highest BCUT2D eigenvalue weighted by atomic mass is 16.6. The number of anilines is 1. The van der Waals surface area contributed by atoms with Crippen molar-refractivity contribution in [3.05, 3.63) is 33.9 Å². The minimum Gasteiger partial charge on any atom is -0.325 e. The van der Waals surface area contributed by atoms with E-state index >= 15 is 0 Å². The van der Waals surface area contributed by atoms with E-state index in [1.165, 1.54) is 12.1 Å². The third-order valence-electron chi connectivity index (χ3n) is 3.01. The van der Waals surface area contributed by atoms with Crippen LogP contribution in [-0.2, 0) is 4.79 Å². The lowest BCUT2D eigenvalue weighted by Gasteiger charge is -2.21. The second-order valence-corrected chi connectivity index (χ2v) is 5.84. The smallest absolute Gasteiger partial charge is 0.269 e. The molecule has 1 aliphatic heterocycles. The minimum atomic E-state index is -0.433. The molecule has 1 N–H and O–H groups in total. The third-order valence-corrected chi connectivity index (χ3v) is 3.01. The van der Waals surface area contributed by atoms with Crippen LogP contribution in [0.15, 0.2) is 18.2 Å². The van der Waals surface area contributed by atoms with Gasteiger partial charge in [0.05, 0.1) is 10.8 Å². The summed E-state index contributed by atoms with van der Waals surface area (Å²) < 4.78 is 0. The van der Waals surface area contributed by atoms with Crippen molar-refractivity contribution >= 4 is 17.3 Å². The number of non-ortho nitro benzene ring substituents is 1. The number of amides is 1. The number of nitrogens with zero attached hydrogens (tertiary/aromatic N) is 1. The standard InChI is InChI=1S/C13H16N2O3/c1-13(2,3)7-10-9-6-8(15(17)18)4-5-11(9)14-12(10)16/h4-6,10H,7H2,1-3H3,(H,14,16). The van der Waals surface area contributed by atoms with Crippen LogP contribution in [0.5, 0.6) is 0 Å². The molecule has 1 aromatic rings. The van der Waals surface area contributed by atoms with Crippen LogP contribution in [0, 0.1) is 15.5 Å². The molecule has 1 unspecified atom stereocenters. The lowest BCUT2D eigenvalue weighted by molar-refractivity contribution is -0.384.